The van der Waals surface area contributed by atoms with E-state index in [9.17, 15) is 0 Å². The van der Waals surface area contributed by atoms with Crippen molar-refractivity contribution in [1.82, 2.24) is 0 Å². The summed E-state index contributed by atoms with van der Waals surface area (Å²) in [6, 6.07) is 0. The third kappa shape index (κ3) is 0.835. The molecule has 3 fully saturated rings. The minimum atomic E-state index is -1.20. The standard InChI is InChI=1S/C12H17ClSi/c1-14(2,3)8-7-11-9-5-4-6-10(11)12(9,11)13/h9-10H,4-6H2,1-3H3. The summed E-state index contributed by atoms with van der Waals surface area (Å²) >= 11 is 6.58. The largest absolute Gasteiger partial charge is 0.131 e. The fourth-order valence-electron chi connectivity index (χ4n) is 3.48. The zero-order valence-electron chi connectivity index (χ0n) is 9.15. The van der Waals surface area contributed by atoms with Crippen LogP contribution in [0.15, 0.2) is 0 Å². The lowest BCUT2D eigenvalue weighted by molar-refractivity contribution is 0.315. The van der Waals surface area contributed by atoms with E-state index in [2.05, 4.69) is 31.1 Å². The molecule has 0 bridgehead atoms. The van der Waals surface area contributed by atoms with E-state index in [1.54, 1.807) is 0 Å². The molecule has 0 saturated heterocycles. The molecule has 0 radical (unpaired) electrons. The Bertz CT molecular complexity index is 343. The predicted molar refractivity (Wildman–Crippen MR) is 63.0 cm³/mol. The molecular weight excluding hydrogens is 208 g/mol. The first kappa shape index (κ1) is 9.30. The van der Waals surface area contributed by atoms with Crippen molar-refractivity contribution in [2.45, 2.75) is 43.8 Å². The molecule has 0 spiro atoms. The average molecular weight is 225 g/mol. The smallest absolute Gasteiger partial charge is 0.129 e. The molecule has 3 rings (SSSR count). The molecule has 14 heavy (non-hydrogen) atoms. The molecule has 0 aromatic carbocycles. The van der Waals surface area contributed by atoms with E-state index in [-0.39, 0.29) is 4.87 Å². The highest BCUT2D eigenvalue weighted by Crippen LogP contribution is 2.94. The summed E-state index contributed by atoms with van der Waals surface area (Å²) in [7, 11) is -1.20. The van der Waals surface area contributed by atoms with Crippen LogP contribution in [0.1, 0.15) is 19.3 Å². The molecule has 0 nitrogen and oxygen atoms in total. The van der Waals surface area contributed by atoms with Gasteiger partial charge >= 0.3 is 0 Å². The van der Waals surface area contributed by atoms with Crippen molar-refractivity contribution >= 4 is 19.7 Å². The average Bonchev–Trinajstić information content (AvgIpc) is 2.86. The molecule has 3 saturated carbocycles. The van der Waals surface area contributed by atoms with Gasteiger partial charge in [-0.2, -0.15) is 0 Å². The van der Waals surface area contributed by atoms with Crippen LogP contribution in [0.25, 0.3) is 0 Å². The highest BCUT2D eigenvalue weighted by Gasteiger charge is 2.97. The van der Waals surface area contributed by atoms with Gasteiger partial charge in [0.1, 0.15) is 8.07 Å². The van der Waals surface area contributed by atoms with E-state index < -0.39 is 8.07 Å². The van der Waals surface area contributed by atoms with Crippen LogP contribution in [0.3, 0.4) is 0 Å². The van der Waals surface area contributed by atoms with Crippen LogP contribution in [0, 0.1) is 28.7 Å². The third-order valence-electron chi connectivity index (χ3n) is 4.21. The minimum Gasteiger partial charge on any atom is -0.131 e. The summed E-state index contributed by atoms with van der Waals surface area (Å²) in [5, 5.41) is 0. The molecule has 0 aromatic rings. The topological polar surface area (TPSA) is 0 Å². The summed E-state index contributed by atoms with van der Waals surface area (Å²) in [5.74, 6) is 5.10. The van der Waals surface area contributed by atoms with E-state index in [0.717, 1.165) is 11.8 Å². The lowest BCUT2D eigenvalue weighted by Crippen LogP contribution is -2.20. The first-order valence-electron chi connectivity index (χ1n) is 5.66. The first-order chi connectivity index (χ1) is 6.43. The molecule has 0 heterocycles. The van der Waals surface area contributed by atoms with Gasteiger partial charge in [0.2, 0.25) is 0 Å². The molecular formula is C12H17ClSi. The van der Waals surface area contributed by atoms with Gasteiger partial charge in [0, 0.05) is 0 Å². The predicted octanol–water partition coefficient (Wildman–Crippen LogP) is 3.27. The Kier molecular flexibility index (Phi) is 1.50. The Hall–Kier alpha value is 0.0669. The van der Waals surface area contributed by atoms with Crippen molar-refractivity contribution in [2.75, 3.05) is 0 Å². The Morgan fingerprint density at radius 1 is 1.21 bits per heavy atom. The molecule has 2 heteroatoms. The fourth-order valence-corrected chi connectivity index (χ4v) is 4.82. The summed E-state index contributed by atoms with van der Waals surface area (Å²) in [5.41, 5.74) is 3.84. The van der Waals surface area contributed by atoms with Gasteiger partial charge in [-0.15, -0.1) is 23.1 Å². The lowest BCUT2D eigenvalue weighted by atomic mass is 9.83. The van der Waals surface area contributed by atoms with Crippen LogP contribution in [-0.4, -0.2) is 12.9 Å². The van der Waals surface area contributed by atoms with Gasteiger partial charge in [-0.1, -0.05) is 26.1 Å². The van der Waals surface area contributed by atoms with Crippen LogP contribution in [0.4, 0.5) is 0 Å². The Balaban J connectivity index is 1.86. The second-order valence-electron chi connectivity index (χ2n) is 6.17. The number of fused-ring (bicyclic) bond motifs is 2. The number of hydrogen-bond acceptors (Lipinski definition) is 0. The molecule has 0 aromatic heterocycles. The number of hydrogen-bond donors (Lipinski definition) is 0. The Morgan fingerprint density at radius 3 is 2.21 bits per heavy atom. The monoisotopic (exact) mass is 224 g/mol. The van der Waals surface area contributed by atoms with E-state index >= 15 is 0 Å². The fraction of sp³-hybridized carbons (Fsp3) is 0.833. The number of alkyl halides is 1. The van der Waals surface area contributed by atoms with Crippen LogP contribution in [0.5, 0.6) is 0 Å². The first-order valence-corrected chi connectivity index (χ1v) is 9.54. The molecule has 0 amide bonds. The maximum atomic E-state index is 6.58. The molecule has 2 unspecified atom stereocenters. The summed E-state index contributed by atoms with van der Waals surface area (Å²) < 4.78 is 0. The van der Waals surface area contributed by atoms with Crippen molar-refractivity contribution in [3.05, 3.63) is 0 Å². The number of halogens is 1. The van der Waals surface area contributed by atoms with Gasteiger partial charge < -0.3 is 0 Å². The van der Waals surface area contributed by atoms with E-state index in [1.807, 2.05) is 0 Å². The molecule has 76 valence electrons. The van der Waals surface area contributed by atoms with Gasteiger partial charge in [0.05, 0.1) is 10.3 Å². The number of rotatable bonds is 0. The summed E-state index contributed by atoms with van der Waals surface area (Å²) in [6.07, 6.45) is 4.06. The van der Waals surface area contributed by atoms with Gasteiger partial charge in [-0.25, -0.2) is 0 Å². The van der Waals surface area contributed by atoms with E-state index in [0.29, 0.717) is 5.41 Å². The van der Waals surface area contributed by atoms with Crippen LogP contribution in [0.2, 0.25) is 19.6 Å². The van der Waals surface area contributed by atoms with Crippen molar-refractivity contribution in [3.8, 4) is 11.5 Å². The molecule has 3 aliphatic rings. The molecule has 0 aliphatic heterocycles. The van der Waals surface area contributed by atoms with Crippen molar-refractivity contribution in [3.63, 3.8) is 0 Å². The maximum absolute atomic E-state index is 6.58. The zero-order chi connectivity index (χ0) is 10.2. The summed E-state index contributed by atoms with van der Waals surface area (Å²) in [6.45, 7) is 6.94. The van der Waals surface area contributed by atoms with Gasteiger partial charge in [0.15, 0.2) is 0 Å². The normalized spacial score (nSPS) is 52.9. The van der Waals surface area contributed by atoms with Crippen molar-refractivity contribution < 1.29 is 0 Å². The highest BCUT2D eigenvalue weighted by atomic mass is 35.5. The van der Waals surface area contributed by atoms with Crippen LogP contribution in [-0.2, 0) is 0 Å². The van der Waals surface area contributed by atoms with Crippen LogP contribution >= 0.6 is 11.6 Å². The maximum Gasteiger partial charge on any atom is 0.129 e. The second-order valence-corrected chi connectivity index (χ2v) is 11.5. The van der Waals surface area contributed by atoms with Gasteiger partial charge in [-0.05, 0) is 24.7 Å². The Morgan fingerprint density at radius 2 is 1.79 bits per heavy atom. The molecule has 2 atom stereocenters. The Labute approximate surface area is 92.4 Å². The third-order valence-corrected chi connectivity index (χ3v) is 5.93. The van der Waals surface area contributed by atoms with Gasteiger partial charge in [-0.3, -0.25) is 0 Å². The van der Waals surface area contributed by atoms with Crippen molar-refractivity contribution in [1.29, 1.82) is 0 Å². The molecule has 0 N–H and O–H groups in total. The summed E-state index contributed by atoms with van der Waals surface area (Å²) in [4.78, 5) is 0.165. The SMILES string of the molecule is C[Si](C)(C)C#CC12C3CCCC1C32Cl. The minimum absolute atomic E-state index is 0.165. The van der Waals surface area contributed by atoms with Crippen molar-refractivity contribution in [2.24, 2.45) is 17.3 Å². The van der Waals surface area contributed by atoms with Gasteiger partial charge in [0.25, 0.3) is 0 Å². The highest BCUT2D eigenvalue weighted by molar-refractivity contribution is 6.83. The quantitative estimate of drug-likeness (QED) is 0.337. The lowest BCUT2D eigenvalue weighted by Gasteiger charge is -2.23. The van der Waals surface area contributed by atoms with Crippen LogP contribution < -0.4 is 0 Å². The molecule has 3 aliphatic carbocycles. The van der Waals surface area contributed by atoms with E-state index in [4.69, 9.17) is 11.6 Å². The van der Waals surface area contributed by atoms with E-state index in [1.165, 1.54) is 19.3 Å². The zero-order valence-corrected chi connectivity index (χ0v) is 10.9. The second kappa shape index (κ2) is 2.25.